The van der Waals surface area contributed by atoms with Crippen molar-refractivity contribution in [1.82, 2.24) is 0 Å². The first-order valence-electron chi connectivity index (χ1n) is 5.85. The monoisotopic (exact) mass is 204 g/mol. The normalized spacial score (nSPS) is 16.7. The Labute approximate surface area is 91.9 Å². The van der Waals surface area contributed by atoms with E-state index in [-0.39, 0.29) is 0 Å². The number of hydrogen-bond donors (Lipinski definition) is 2. The average Bonchev–Trinajstić information content (AvgIpc) is 2.29. The molecular formula is C13H20N2. The van der Waals surface area contributed by atoms with Gasteiger partial charge in [0.1, 0.15) is 0 Å². The highest BCUT2D eigenvalue weighted by atomic mass is 14.9. The summed E-state index contributed by atoms with van der Waals surface area (Å²) in [7, 11) is 0. The van der Waals surface area contributed by atoms with E-state index in [0.29, 0.717) is 5.92 Å². The van der Waals surface area contributed by atoms with Crippen molar-refractivity contribution in [2.75, 3.05) is 18.4 Å². The van der Waals surface area contributed by atoms with Crippen molar-refractivity contribution in [3.8, 4) is 0 Å². The van der Waals surface area contributed by atoms with E-state index in [1.54, 1.807) is 0 Å². The predicted molar refractivity (Wildman–Crippen MR) is 65.2 cm³/mol. The van der Waals surface area contributed by atoms with Crippen molar-refractivity contribution >= 4 is 5.69 Å². The highest BCUT2D eigenvalue weighted by Crippen LogP contribution is 2.23. The smallest absolute Gasteiger partial charge is 0.0372 e. The molecule has 3 N–H and O–H groups in total. The predicted octanol–water partition coefficient (Wildman–Crippen LogP) is 2.18. The van der Waals surface area contributed by atoms with Crippen molar-refractivity contribution in [2.45, 2.75) is 26.2 Å². The molecule has 1 aromatic carbocycles. The van der Waals surface area contributed by atoms with Crippen LogP contribution < -0.4 is 11.1 Å². The number of anilines is 1. The highest BCUT2D eigenvalue weighted by molar-refractivity contribution is 5.54. The maximum atomic E-state index is 5.65. The topological polar surface area (TPSA) is 38.0 Å². The van der Waals surface area contributed by atoms with Crippen molar-refractivity contribution in [2.24, 2.45) is 11.7 Å². The third-order valence-electron chi connectivity index (χ3n) is 3.09. The van der Waals surface area contributed by atoms with E-state index >= 15 is 0 Å². The number of nitrogens with one attached hydrogen (secondary N) is 1. The maximum Gasteiger partial charge on any atom is 0.0372 e. The summed E-state index contributed by atoms with van der Waals surface area (Å²) < 4.78 is 0. The minimum atomic E-state index is 0.583. The molecule has 0 fully saturated rings. The van der Waals surface area contributed by atoms with Crippen LogP contribution in [0.3, 0.4) is 0 Å². The number of rotatable bonds is 3. The summed E-state index contributed by atoms with van der Waals surface area (Å²) in [5, 5.41) is 3.43. The first-order valence-corrected chi connectivity index (χ1v) is 5.85. The summed E-state index contributed by atoms with van der Waals surface area (Å²) in [4.78, 5) is 0. The van der Waals surface area contributed by atoms with Gasteiger partial charge in [-0.3, -0.25) is 0 Å². The second kappa shape index (κ2) is 4.67. The molecule has 1 aromatic rings. The lowest BCUT2D eigenvalue weighted by atomic mass is 9.96. The van der Waals surface area contributed by atoms with E-state index in [9.17, 15) is 0 Å². The lowest BCUT2D eigenvalue weighted by molar-refractivity contribution is 0.592. The van der Waals surface area contributed by atoms with Gasteiger partial charge in [-0.05, 0) is 48.9 Å². The highest BCUT2D eigenvalue weighted by Gasteiger charge is 2.09. The van der Waals surface area contributed by atoms with Crippen LogP contribution in [0, 0.1) is 5.92 Å². The Bertz CT molecular complexity index is 333. The van der Waals surface area contributed by atoms with Crippen LogP contribution in [-0.4, -0.2) is 13.1 Å². The van der Waals surface area contributed by atoms with Gasteiger partial charge in [-0.2, -0.15) is 0 Å². The molecule has 0 spiro atoms. The number of aryl methyl sites for hydroxylation is 1. The van der Waals surface area contributed by atoms with Gasteiger partial charge in [0.05, 0.1) is 0 Å². The summed E-state index contributed by atoms with van der Waals surface area (Å²) in [6.45, 7) is 4.10. The van der Waals surface area contributed by atoms with Crippen LogP contribution in [-0.2, 0) is 12.8 Å². The van der Waals surface area contributed by atoms with Crippen molar-refractivity contribution < 1.29 is 0 Å². The summed E-state index contributed by atoms with van der Waals surface area (Å²) in [5.74, 6) is 0.583. The van der Waals surface area contributed by atoms with E-state index in [1.807, 2.05) is 0 Å². The molecule has 2 rings (SSSR count). The molecule has 1 unspecified atom stereocenters. The van der Waals surface area contributed by atoms with Gasteiger partial charge < -0.3 is 11.1 Å². The number of benzene rings is 1. The first-order chi connectivity index (χ1) is 7.29. The van der Waals surface area contributed by atoms with Gasteiger partial charge in [0.15, 0.2) is 0 Å². The van der Waals surface area contributed by atoms with Gasteiger partial charge in [0, 0.05) is 12.2 Å². The standard InChI is InChI=1S/C13H20N2/c1-10(9-14)7-11-4-5-13-12(8-11)3-2-6-15-13/h4-5,8,10,15H,2-3,6-7,9,14H2,1H3. The van der Waals surface area contributed by atoms with E-state index in [2.05, 4.69) is 30.4 Å². The molecule has 1 heterocycles. The lowest BCUT2D eigenvalue weighted by Gasteiger charge is -2.19. The Morgan fingerprint density at radius 3 is 3.13 bits per heavy atom. The Kier molecular flexibility index (Phi) is 3.27. The van der Waals surface area contributed by atoms with Gasteiger partial charge >= 0.3 is 0 Å². The summed E-state index contributed by atoms with van der Waals surface area (Å²) >= 11 is 0. The van der Waals surface area contributed by atoms with E-state index < -0.39 is 0 Å². The first kappa shape index (κ1) is 10.5. The second-order valence-electron chi connectivity index (χ2n) is 4.57. The van der Waals surface area contributed by atoms with Crippen molar-refractivity contribution in [3.63, 3.8) is 0 Å². The van der Waals surface area contributed by atoms with Crippen LogP contribution in [0.4, 0.5) is 5.69 Å². The molecule has 0 amide bonds. The molecule has 1 aliphatic rings. The second-order valence-corrected chi connectivity index (χ2v) is 4.57. The quantitative estimate of drug-likeness (QED) is 0.792. The van der Waals surface area contributed by atoms with Gasteiger partial charge in [-0.15, -0.1) is 0 Å². The number of hydrogen-bond acceptors (Lipinski definition) is 2. The fraction of sp³-hybridized carbons (Fsp3) is 0.538. The van der Waals surface area contributed by atoms with Gasteiger partial charge in [0.2, 0.25) is 0 Å². The zero-order valence-electron chi connectivity index (χ0n) is 9.42. The molecule has 2 heteroatoms. The zero-order chi connectivity index (χ0) is 10.7. The van der Waals surface area contributed by atoms with E-state index in [1.165, 1.54) is 29.7 Å². The summed E-state index contributed by atoms with van der Waals surface area (Å²) in [6, 6.07) is 6.78. The van der Waals surface area contributed by atoms with E-state index in [4.69, 9.17) is 5.73 Å². The van der Waals surface area contributed by atoms with Gasteiger partial charge in [-0.1, -0.05) is 19.1 Å². The van der Waals surface area contributed by atoms with Crippen LogP contribution in [0.2, 0.25) is 0 Å². The Morgan fingerprint density at radius 1 is 1.47 bits per heavy atom. The number of nitrogens with two attached hydrogens (primary N) is 1. The minimum absolute atomic E-state index is 0.583. The van der Waals surface area contributed by atoms with Gasteiger partial charge in [-0.25, -0.2) is 0 Å². The molecular weight excluding hydrogens is 184 g/mol. The molecule has 0 aromatic heterocycles. The minimum Gasteiger partial charge on any atom is -0.385 e. The lowest BCUT2D eigenvalue weighted by Crippen LogP contribution is -2.15. The molecule has 1 atom stereocenters. The maximum absolute atomic E-state index is 5.65. The molecule has 0 radical (unpaired) electrons. The molecule has 0 saturated carbocycles. The molecule has 0 bridgehead atoms. The molecule has 2 nitrogen and oxygen atoms in total. The SMILES string of the molecule is CC(CN)Cc1ccc2c(c1)CCCN2. The van der Waals surface area contributed by atoms with Crippen LogP contribution >= 0.6 is 0 Å². The molecule has 1 aliphatic heterocycles. The van der Waals surface area contributed by atoms with Crippen LogP contribution in [0.25, 0.3) is 0 Å². The third-order valence-corrected chi connectivity index (χ3v) is 3.09. The van der Waals surface area contributed by atoms with Crippen LogP contribution in [0.1, 0.15) is 24.5 Å². The largest absolute Gasteiger partial charge is 0.385 e. The van der Waals surface area contributed by atoms with Crippen LogP contribution in [0.15, 0.2) is 18.2 Å². The molecule has 82 valence electrons. The Morgan fingerprint density at radius 2 is 2.33 bits per heavy atom. The fourth-order valence-electron chi connectivity index (χ4n) is 2.14. The third kappa shape index (κ3) is 2.51. The fourth-order valence-corrected chi connectivity index (χ4v) is 2.14. The van der Waals surface area contributed by atoms with Gasteiger partial charge in [0.25, 0.3) is 0 Å². The Hall–Kier alpha value is -1.02. The zero-order valence-corrected chi connectivity index (χ0v) is 9.42. The number of fused-ring (bicyclic) bond motifs is 1. The molecule has 0 saturated heterocycles. The van der Waals surface area contributed by atoms with Crippen molar-refractivity contribution in [3.05, 3.63) is 29.3 Å². The van der Waals surface area contributed by atoms with Crippen LogP contribution in [0.5, 0.6) is 0 Å². The van der Waals surface area contributed by atoms with Crippen molar-refractivity contribution in [1.29, 1.82) is 0 Å². The summed E-state index contributed by atoms with van der Waals surface area (Å²) in [6.07, 6.45) is 3.57. The Balaban J connectivity index is 2.13. The average molecular weight is 204 g/mol. The molecule has 15 heavy (non-hydrogen) atoms. The van der Waals surface area contributed by atoms with E-state index in [0.717, 1.165) is 19.5 Å². The summed E-state index contributed by atoms with van der Waals surface area (Å²) in [5.41, 5.74) is 9.87. The molecule has 0 aliphatic carbocycles.